The predicted molar refractivity (Wildman–Crippen MR) is 73.2 cm³/mol. The molecular formula is C12H14N4OS. The molecular weight excluding hydrogens is 248 g/mol. The molecule has 6 heteroatoms. The van der Waals surface area contributed by atoms with E-state index in [-0.39, 0.29) is 12.5 Å². The Kier molecular flexibility index (Phi) is 3.78. The highest BCUT2D eigenvalue weighted by Gasteiger charge is 2.12. The van der Waals surface area contributed by atoms with E-state index in [1.807, 2.05) is 34.5 Å². The van der Waals surface area contributed by atoms with Gasteiger partial charge in [0.1, 0.15) is 0 Å². The van der Waals surface area contributed by atoms with Crippen molar-refractivity contribution in [3.8, 4) is 0 Å². The number of carbonyl (C=O) groups is 1. The highest BCUT2D eigenvalue weighted by Crippen LogP contribution is 2.19. The maximum atomic E-state index is 11.1. The molecule has 0 saturated heterocycles. The number of amides is 1. The van der Waals surface area contributed by atoms with E-state index in [9.17, 15) is 4.79 Å². The van der Waals surface area contributed by atoms with Gasteiger partial charge in [-0.3, -0.25) is 4.79 Å². The number of thiazole rings is 1. The van der Waals surface area contributed by atoms with Gasteiger partial charge in [-0.15, -0.1) is 11.3 Å². The summed E-state index contributed by atoms with van der Waals surface area (Å²) in [5, 5.41) is 2.65. The quantitative estimate of drug-likeness (QED) is 0.793. The second kappa shape index (κ2) is 5.50. The Hall–Kier alpha value is -2.08. The first-order chi connectivity index (χ1) is 8.65. The molecule has 1 aromatic heterocycles. The minimum atomic E-state index is -0.374. The van der Waals surface area contributed by atoms with Crippen molar-refractivity contribution in [2.45, 2.75) is 6.54 Å². The number of hydrogen-bond acceptors (Lipinski definition) is 5. The van der Waals surface area contributed by atoms with Crippen molar-refractivity contribution in [1.29, 1.82) is 0 Å². The highest BCUT2D eigenvalue weighted by atomic mass is 32.1. The van der Waals surface area contributed by atoms with E-state index in [1.165, 1.54) is 11.3 Å². The fourth-order valence-electron chi connectivity index (χ4n) is 1.59. The number of nitrogens with zero attached hydrogens (tertiary/aromatic N) is 2. The lowest BCUT2D eigenvalue weighted by Gasteiger charge is -2.20. The van der Waals surface area contributed by atoms with Crippen molar-refractivity contribution in [2.75, 3.05) is 17.2 Å². The van der Waals surface area contributed by atoms with Crippen molar-refractivity contribution in [2.24, 2.45) is 5.73 Å². The fourth-order valence-corrected chi connectivity index (χ4v) is 2.24. The Bertz CT molecular complexity index is 509. The maximum absolute atomic E-state index is 11.1. The monoisotopic (exact) mass is 262 g/mol. The summed E-state index contributed by atoms with van der Waals surface area (Å²) in [6.45, 7) is 0.731. The number of nitrogen functional groups attached to an aromatic ring is 1. The maximum Gasteiger partial charge on any atom is 0.237 e. The summed E-state index contributed by atoms with van der Waals surface area (Å²) in [7, 11) is 0. The number of carbonyl (C=O) groups excluding carboxylic acids is 1. The van der Waals surface area contributed by atoms with E-state index in [0.717, 1.165) is 16.4 Å². The van der Waals surface area contributed by atoms with Crippen LogP contribution in [-0.4, -0.2) is 17.4 Å². The lowest BCUT2D eigenvalue weighted by atomic mass is 10.2. The number of rotatable bonds is 5. The van der Waals surface area contributed by atoms with E-state index >= 15 is 0 Å². The molecule has 18 heavy (non-hydrogen) atoms. The Balaban J connectivity index is 2.15. The van der Waals surface area contributed by atoms with E-state index in [1.54, 1.807) is 6.20 Å². The van der Waals surface area contributed by atoms with Crippen LogP contribution in [0, 0.1) is 0 Å². The van der Waals surface area contributed by atoms with Gasteiger partial charge in [-0.1, -0.05) is 12.1 Å². The van der Waals surface area contributed by atoms with Gasteiger partial charge in [0.15, 0.2) is 5.13 Å². The smallest absolute Gasteiger partial charge is 0.237 e. The van der Waals surface area contributed by atoms with Gasteiger partial charge in [-0.2, -0.15) is 0 Å². The van der Waals surface area contributed by atoms with Gasteiger partial charge in [0.2, 0.25) is 5.91 Å². The molecule has 0 aliphatic carbocycles. The van der Waals surface area contributed by atoms with Crippen LogP contribution in [0.25, 0.3) is 0 Å². The van der Waals surface area contributed by atoms with E-state index in [4.69, 9.17) is 11.5 Å². The molecule has 1 heterocycles. The van der Waals surface area contributed by atoms with Crippen LogP contribution in [0.1, 0.15) is 5.56 Å². The van der Waals surface area contributed by atoms with Gasteiger partial charge >= 0.3 is 0 Å². The molecule has 2 rings (SSSR count). The van der Waals surface area contributed by atoms with E-state index < -0.39 is 0 Å². The van der Waals surface area contributed by atoms with Crippen LogP contribution in [0.5, 0.6) is 0 Å². The summed E-state index contributed by atoms with van der Waals surface area (Å²) < 4.78 is 0. The van der Waals surface area contributed by atoms with Gasteiger partial charge < -0.3 is 16.4 Å². The predicted octanol–water partition coefficient (Wildman–Crippen LogP) is 1.22. The van der Waals surface area contributed by atoms with Gasteiger partial charge in [0, 0.05) is 23.8 Å². The number of benzene rings is 1. The standard InChI is InChI=1S/C12H14N4OS/c13-10-3-1-9(2-4-10)7-16(8-11(14)17)12-15-5-6-18-12/h1-6H,7-8,13H2,(H2,14,17). The van der Waals surface area contributed by atoms with E-state index in [2.05, 4.69) is 4.98 Å². The molecule has 0 bridgehead atoms. The van der Waals surface area contributed by atoms with Crippen LogP contribution in [0.4, 0.5) is 10.8 Å². The van der Waals surface area contributed by atoms with E-state index in [0.29, 0.717) is 6.54 Å². The number of anilines is 2. The average Bonchev–Trinajstić information content (AvgIpc) is 2.84. The highest BCUT2D eigenvalue weighted by molar-refractivity contribution is 7.13. The third-order valence-electron chi connectivity index (χ3n) is 2.39. The molecule has 0 saturated carbocycles. The fraction of sp³-hybridized carbons (Fsp3) is 0.167. The molecule has 0 aliphatic rings. The molecule has 2 aromatic rings. The molecule has 1 amide bonds. The summed E-state index contributed by atoms with van der Waals surface area (Å²) in [4.78, 5) is 17.1. The second-order valence-electron chi connectivity index (χ2n) is 3.88. The van der Waals surface area contributed by atoms with Crippen molar-refractivity contribution in [3.05, 3.63) is 41.4 Å². The molecule has 0 fully saturated rings. The van der Waals surface area contributed by atoms with Crippen molar-refractivity contribution < 1.29 is 4.79 Å². The molecule has 0 unspecified atom stereocenters. The SMILES string of the molecule is NC(=O)CN(Cc1ccc(N)cc1)c1nccs1. The zero-order valence-corrected chi connectivity index (χ0v) is 10.6. The summed E-state index contributed by atoms with van der Waals surface area (Å²) >= 11 is 1.48. The molecule has 0 spiro atoms. The molecule has 1 aromatic carbocycles. The molecule has 0 radical (unpaired) electrons. The Morgan fingerprint density at radius 2 is 2.06 bits per heavy atom. The molecule has 5 nitrogen and oxygen atoms in total. The number of nitrogens with two attached hydrogens (primary N) is 2. The lowest BCUT2D eigenvalue weighted by Crippen LogP contribution is -2.33. The zero-order chi connectivity index (χ0) is 13.0. The molecule has 4 N–H and O–H groups in total. The van der Waals surface area contributed by atoms with Gasteiger partial charge in [0.05, 0.1) is 6.54 Å². The summed E-state index contributed by atoms with van der Waals surface area (Å²) in [6.07, 6.45) is 1.71. The van der Waals surface area contributed by atoms with Gasteiger partial charge in [-0.25, -0.2) is 4.98 Å². The third-order valence-corrected chi connectivity index (χ3v) is 3.22. The van der Waals surface area contributed by atoms with Gasteiger partial charge in [0.25, 0.3) is 0 Å². The first kappa shape index (κ1) is 12.4. The Morgan fingerprint density at radius 1 is 1.33 bits per heavy atom. The van der Waals surface area contributed by atoms with Crippen LogP contribution in [0.3, 0.4) is 0 Å². The van der Waals surface area contributed by atoms with Gasteiger partial charge in [-0.05, 0) is 17.7 Å². The first-order valence-corrected chi connectivity index (χ1v) is 6.30. The number of aromatic nitrogens is 1. The Morgan fingerprint density at radius 3 is 2.61 bits per heavy atom. The van der Waals surface area contributed by atoms with Crippen LogP contribution in [0.15, 0.2) is 35.8 Å². The third kappa shape index (κ3) is 3.21. The average molecular weight is 262 g/mol. The summed E-state index contributed by atoms with van der Waals surface area (Å²) in [5.41, 5.74) is 12.7. The van der Waals surface area contributed by atoms with Crippen LogP contribution >= 0.6 is 11.3 Å². The van der Waals surface area contributed by atoms with Crippen LogP contribution < -0.4 is 16.4 Å². The molecule has 0 aliphatic heterocycles. The molecule has 94 valence electrons. The van der Waals surface area contributed by atoms with Crippen molar-refractivity contribution in [3.63, 3.8) is 0 Å². The Labute approximate surface area is 109 Å². The summed E-state index contributed by atoms with van der Waals surface area (Å²) in [5.74, 6) is -0.374. The number of hydrogen-bond donors (Lipinski definition) is 2. The summed E-state index contributed by atoms with van der Waals surface area (Å²) in [6, 6.07) is 7.52. The lowest BCUT2D eigenvalue weighted by molar-refractivity contribution is -0.116. The normalized spacial score (nSPS) is 10.2. The zero-order valence-electron chi connectivity index (χ0n) is 9.74. The first-order valence-electron chi connectivity index (χ1n) is 5.42. The topological polar surface area (TPSA) is 85.2 Å². The van der Waals surface area contributed by atoms with Crippen LogP contribution in [0.2, 0.25) is 0 Å². The molecule has 0 atom stereocenters. The minimum Gasteiger partial charge on any atom is -0.399 e. The largest absolute Gasteiger partial charge is 0.399 e. The number of primary amides is 1. The van der Waals surface area contributed by atoms with Crippen molar-refractivity contribution in [1.82, 2.24) is 4.98 Å². The minimum absolute atomic E-state index is 0.151. The second-order valence-corrected chi connectivity index (χ2v) is 4.75. The van der Waals surface area contributed by atoms with Crippen LogP contribution in [-0.2, 0) is 11.3 Å². The van der Waals surface area contributed by atoms with Crippen molar-refractivity contribution >= 4 is 28.1 Å².